The molecule has 128 valence electrons. The van der Waals surface area contributed by atoms with E-state index in [-0.39, 0.29) is 0 Å². The molecule has 7 atom stereocenters. The van der Waals surface area contributed by atoms with Crippen LogP contribution in [0.25, 0.3) is 0 Å². The van der Waals surface area contributed by atoms with Crippen LogP contribution >= 0.6 is 22.6 Å². The third-order valence-electron chi connectivity index (χ3n) is 8.59. The molecule has 0 heterocycles. The van der Waals surface area contributed by atoms with Crippen LogP contribution in [0.2, 0.25) is 0 Å². The van der Waals surface area contributed by atoms with Gasteiger partial charge in [-0.3, -0.25) is 4.79 Å². The van der Waals surface area contributed by atoms with Gasteiger partial charge in [0, 0.05) is 10.3 Å². The van der Waals surface area contributed by atoms with Crippen molar-refractivity contribution in [3.8, 4) is 0 Å². The third-order valence-corrected chi connectivity index (χ3v) is 9.46. The van der Waals surface area contributed by atoms with Gasteiger partial charge in [0.1, 0.15) is 0 Å². The second-order valence-electron chi connectivity index (χ2n) is 9.37. The molecule has 0 aromatic rings. The summed E-state index contributed by atoms with van der Waals surface area (Å²) in [7, 11) is 0. The first-order chi connectivity index (χ1) is 10.9. The summed E-state index contributed by atoms with van der Waals surface area (Å²) in [5, 5.41) is 0. The van der Waals surface area contributed by atoms with Crippen LogP contribution < -0.4 is 0 Å². The van der Waals surface area contributed by atoms with Crippen LogP contribution in [0.15, 0.2) is 11.6 Å². The van der Waals surface area contributed by atoms with Crippen molar-refractivity contribution in [1.29, 1.82) is 0 Å². The van der Waals surface area contributed by atoms with Crippen LogP contribution in [-0.4, -0.2) is 9.71 Å². The lowest BCUT2D eigenvalue weighted by molar-refractivity contribution is -0.117. The van der Waals surface area contributed by atoms with Gasteiger partial charge in [-0.2, -0.15) is 0 Å². The molecule has 2 heteroatoms. The van der Waals surface area contributed by atoms with Crippen molar-refractivity contribution in [1.82, 2.24) is 0 Å². The van der Waals surface area contributed by atoms with Crippen LogP contribution in [0.1, 0.15) is 72.1 Å². The minimum absolute atomic E-state index is 0.339. The van der Waals surface area contributed by atoms with Crippen LogP contribution in [0.4, 0.5) is 0 Å². The molecule has 0 unspecified atom stereocenters. The fraction of sp³-hybridized carbons (Fsp3) is 0.857. The number of allylic oxidation sites excluding steroid dienone is 1. The Morgan fingerprint density at radius 2 is 1.87 bits per heavy atom. The molecule has 4 aliphatic carbocycles. The van der Waals surface area contributed by atoms with Crippen LogP contribution in [0.3, 0.4) is 0 Å². The standard InChI is InChI=1S/C21H31IO/c1-13(22)17-6-7-18-16-5-4-14-12-15(23)8-10-20(14,2)19(16)9-11-21(17,18)3/h12-13,16-19H,4-11H2,1-3H3/t13-,16+,17-,18+,19+,20+,21-/m1/s1. The van der Waals surface area contributed by atoms with Crippen LogP contribution in [0, 0.1) is 34.5 Å². The molecule has 0 N–H and O–H groups in total. The van der Waals surface area contributed by atoms with Crippen molar-refractivity contribution < 1.29 is 4.79 Å². The Balaban J connectivity index is 1.66. The summed E-state index contributed by atoms with van der Waals surface area (Å²) in [6.45, 7) is 7.55. The molecular weight excluding hydrogens is 395 g/mol. The minimum atomic E-state index is 0.339. The monoisotopic (exact) mass is 426 g/mol. The van der Waals surface area contributed by atoms with Gasteiger partial charge in [-0.05, 0) is 85.5 Å². The van der Waals surface area contributed by atoms with E-state index in [1.807, 2.05) is 6.08 Å². The normalized spacial score (nSPS) is 50.6. The number of carbonyl (C=O) groups excluding carboxylic acids is 1. The predicted molar refractivity (Wildman–Crippen MR) is 104 cm³/mol. The largest absolute Gasteiger partial charge is 0.295 e. The van der Waals surface area contributed by atoms with Gasteiger partial charge in [-0.1, -0.05) is 48.9 Å². The van der Waals surface area contributed by atoms with E-state index in [9.17, 15) is 4.79 Å². The Kier molecular flexibility index (Phi) is 4.02. The van der Waals surface area contributed by atoms with Crippen molar-refractivity contribution >= 4 is 28.4 Å². The molecule has 4 rings (SSSR count). The zero-order chi connectivity index (χ0) is 16.4. The molecule has 0 spiro atoms. The lowest BCUT2D eigenvalue weighted by atomic mass is 9.47. The molecule has 1 nitrogen and oxygen atoms in total. The highest BCUT2D eigenvalue weighted by Crippen LogP contribution is 2.67. The summed E-state index contributed by atoms with van der Waals surface area (Å²) in [4.78, 5) is 11.9. The molecule has 23 heavy (non-hydrogen) atoms. The average molecular weight is 426 g/mol. The fourth-order valence-corrected chi connectivity index (χ4v) is 8.54. The summed E-state index contributed by atoms with van der Waals surface area (Å²) >= 11 is 2.68. The Morgan fingerprint density at radius 1 is 1.09 bits per heavy atom. The number of rotatable bonds is 1. The first-order valence-electron chi connectivity index (χ1n) is 9.74. The summed E-state index contributed by atoms with van der Waals surface area (Å²) < 4.78 is 0.807. The molecule has 0 aromatic carbocycles. The van der Waals surface area contributed by atoms with E-state index in [4.69, 9.17) is 0 Å². The summed E-state index contributed by atoms with van der Waals surface area (Å²) in [6.07, 6.45) is 12.2. The number of alkyl halides is 1. The van der Waals surface area contributed by atoms with E-state index >= 15 is 0 Å². The molecule has 0 radical (unpaired) electrons. The van der Waals surface area contributed by atoms with Crippen molar-refractivity contribution in [3.63, 3.8) is 0 Å². The number of carbonyl (C=O) groups is 1. The van der Waals surface area contributed by atoms with E-state index in [2.05, 4.69) is 43.4 Å². The molecule has 0 aromatic heterocycles. The van der Waals surface area contributed by atoms with E-state index in [0.717, 1.165) is 40.4 Å². The second kappa shape index (κ2) is 5.57. The van der Waals surface area contributed by atoms with Crippen molar-refractivity contribution in [3.05, 3.63) is 11.6 Å². The molecule has 0 aliphatic heterocycles. The van der Waals surface area contributed by atoms with Crippen molar-refractivity contribution in [2.75, 3.05) is 0 Å². The summed E-state index contributed by atoms with van der Waals surface area (Å²) in [6, 6.07) is 0. The molecule has 4 aliphatic rings. The molecule has 0 bridgehead atoms. The topological polar surface area (TPSA) is 17.1 Å². The van der Waals surface area contributed by atoms with Gasteiger partial charge in [-0.25, -0.2) is 0 Å². The Morgan fingerprint density at radius 3 is 2.61 bits per heavy atom. The van der Waals surface area contributed by atoms with Crippen LogP contribution in [-0.2, 0) is 4.79 Å². The first kappa shape index (κ1) is 16.6. The first-order valence-corrected chi connectivity index (χ1v) is 11.0. The second-order valence-corrected chi connectivity index (χ2v) is 11.3. The zero-order valence-electron chi connectivity index (χ0n) is 14.9. The zero-order valence-corrected chi connectivity index (χ0v) is 17.1. The van der Waals surface area contributed by atoms with Gasteiger partial charge >= 0.3 is 0 Å². The highest BCUT2D eigenvalue weighted by Gasteiger charge is 2.59. The Hall–Kier alpha value is 0.140. The maximum Gasteiger partial charge on any atom is 0.155 e. The van der Waals surface area contributed by atoms with Gasteiger partial charge in [0.05, 0.1) is 0 Å². The summed E-state index contributed by atoms with van der Waals surface area (Å²) in [5.41, 5.74) is 2.44. The Bertz CT molecular complexity index is 550. The van der Waals surface area contributed by atoms with Crippen molar-refractivity contribution in [2.45, 2.75) is 76.1 Å². The number of ketones is 1. The van der Waals surface area contributed by atoms with Gasteiger partial charge in [-0.15, -0.1) is 0 Å². The maximum absolute atomic E-state index is 11.9. The lowest BCUT2D eigenvalue weighted by Crippen LogP contribution is -2.51. The third kappa shape index (κ3) is 2.33. The molecular formula is C21H31IO. The highest BCUT2D eigenvalue weighted by molar-refractivity contribution is 14.1. The fourth-order valence-electron chi connectivity index (χ4n) is 7.35. The highest BCUT2D eigenvalue weighted by atomic mass is 127. The van der Waals surface area contributed by atoms with Gasteiger partial charge in [0.25, 0.3) is 0 Å². The summed E-state index contributed by atoms with van der Waals surface area (Å²) in [5.74, 6) is 4.02. The predicted octanol–water partition coefficient (Wildman–Crippen LogP) is 5.96. The quantitative estimate of drug-likeness (QED) is 0.374. The average Bonchev–Trinajstić information content (AvgIpc) is 2.85. The molecule has 0 saturated heterocycles. The smallest absolute Gasteiger partial charge is 0.155 e. The van der Waals surface area contributed by atoms with E-state index in [0.29, 0.717) is 16.6 Å². The van der Waals surface area contributed by atoms with Crippen molar-refractivity contribution in [2.24, 2.45) is 34.5 Å². The van der Waals surface area contributed by atoms with E-state index in [1.165, 1.54) is 44.1 Å². The van der Waals surface area contributed by atoms with Gasteiger partial charge < -0.3 is 0 Å². The van der Waals surface area contributed by atoms with E-state index < -0.39 is 0 Å². The number of fused-ring (bicyclic) bond motifs is 5. The van der Waals surface area contributed by atoms with E-state index in [1.54, 1.807) is 0 Å². The molecule has 3 saturated carbocycles. The number of halogens is 1. The maximum atomic E-state index is 11.9. The Labute approximate surface area is 155 Å². The number of hydrogen-bond acceptors (Lipinski definition) is 1. The minimum Gasteiger partial charge on any atom is -0.295 e. The molecule has 0 amide bonds. The lowest BCUT2D eigenvalue weighted by Gasteiger charge is -2.58. The van der Waals surface area contributed by atoms with Gasteiger partial charge in [0.15, 0.2) is 5.78 Å². The SMILES string of the molecule is C[C@@H](I)[C@H]1CC[C@H]2[C@@H]3CCC4=CC(=O)CC[C@]4(C)[C@H]3CC[C@]12C. The number of hydrogen-bond donors (Lipinski definition) is 0. The van der Waals surface area contributed by atoms with Crippen LogP contribution in [0.5, 0.6) is 0 Å². The van der Waals surface area contributed by atoms with Gasteiger partial charge in [0.2, 0.25) is 0 Å². The molecule has 3 fully saturated rings.